The van der Waals surface area contributed by atoms with Gasteiger partial charge in [-0.3, -0.25) is 14.9 Å². The molecule has 2 amide bonds. The number of carbonyl (C=O) groups is 2. The van der Waals surface area contributed by atoms with Crippen molar-refractivity contribution >= 4 is 50.8 Å². The molecule has 0 aliphatic rings. The van der Waals surface area contributed by atoms with Gasteiger partial charge in [-0.2, -0.15) is 0 Å². The maximum Gasteiger partial charge on any atom is 0.261 e. The minimum Gasteiger partial charge on any atom is -0.493 e. The van der Waals surface area contributed by atoms with Crippen LogP contribution in [0.25, 0.3) is 0 Å². The maximum atomic E-state index is 12.7. The number of benzene rings is 2. The maximum absolute atomic E-state index is 12.7. The van der Waals surface area contributed by atoms with Crippen molar-refractivity contribution in [3.8, 4) is 5.75 Å². The number of hydrogen-bond donors (Lipinski definition) is 3. The van der Waals surface area contributed by atoms with Gasteiger partial charge in [0, 0.05) is 22.8 Å². The normalized spacial score (nSPS) is 10.2. The van der Waals surface area contributed by atoms with Crippen LogP contribution < -0.4 is 20.7 Å². The highest BCUT2D eigenvalue weighted by atomic mass is 79.9. The van der Waals surface area contributed by atoms with Gasteiger partial charge in [0.05, 0.1) is 12.2 Å². The lowest BCUT2D eigenvalue weighted by Crippen LogP contribution is -2.34. The average Bonchev–Trinajstić information content (AvgIpc) is 2.74. The zero-order valence-corrected chi connectivity index (χ0v) is 19.5. The molecule has 3 N–H and O–H groups in total. The van der Waals surface area contributed by atoms with Crippen LogP contribution in [0.15, 0.2) is 46.9 Å². The van der Waals surface area contributed by atoms with E-state index in [-0.39, 0.29) is 16.9 Å². The van der Waals surface area contributed by atoms with Crippen molar-refractivity contribution in [2.75, 3.05) is 19.0 Å². The van der Waals surface area contributed by atoms with Crippen molar-refractivity contribution < 1.29 is 14.3 Å². The molecule has 0 spiro atoms. The summed E-state index contributed by atoms with van der Waals surface area (Å²) in [5.41, 5.74) is 1.60. The molecule has 0 aliphatic carbocycles. The molecule has 2 aromatic carbocycles. The van der Waals surface area contributed by atoms with Gasteiger partial charge in [-0.05, 0) is 61.1 Å². The summed E-state index contributed by atoms with van der Waals surface area (Å²) in [5.74, 6) is -0.0152. The first-order chi connectivity index (χ1) is 14.4. The van der Waals surface area contributed by atoms with Crippen LogP contribution in [0, 0.1) is 0 Å². The molecule has 0 heterocycles. The molecule has 30 heavy (non-hydrogen) atoms. The Balaban J connectivity index is 1.98. The Morgan fingerprint density at radius 3 is 2.43 bits per heavy atom. The van der Waals surface area contributed by atoms with Crippen LogP contribution in [0.5, 0.6) is 5.75 Å². The standard InChI is InChI=1S/C22H26BrN3O3S/c1-3-4-5-6-13-29-19-12-9-16(23)14-18(19)21(28)26-22(30)25-17-10-7-15(8-11-17)20(27)24-2/h7-12,14H,3-6,13H2,1-2H3,(H,24,27)(H2,25,26,28,30). The molecule has 2 rings (SSSR count). The lowest BCUT2D eigenvalue weighted by molar-refractivity contribution is 0.0958. The summed E-state index contributed by atoms with van der Waals surface area (Å²) in [5, 5.41) is 8.33. The molecule has 2 aromatic rings. The fourth-order valence-electron chi connectivity index (χ4n) is 2.70. The first-order valence-electron chi connectivity index (χ1n) is 9.81. The van der Waals surface area contributed by atoms with Gasteiger partial charge in [-0.1, -0.05) is 42.1 Å². The molecule has 0 aliphatic heterocycles. The number of thiocarbonyl (C=S) groups is 1. The summed E-state index contributed by atoms with van der Waals surface area (Å²) in [4.78, 5) is 24.3. The molecule has 0 aromatic heterocycles. The fourth-order valence-corrected chi connectivity index (χ4v) is 3.27. The molecule has 0 unspecified atom stereocenters. The quantitative estimate of drug-likeness (QED) is 0.343. The number of rotatable bonds is 9. The number of unbranched alkanes of at least 4 members (excludes halogenated alkanes) is 3. The zero-order chi connectivity index (χ0) is 21.9. The van der Waals surface area contributed by atoms with Crippen molar-refractivity contribution in [2.45, 2.75) is 32.6 Å². The Bertz CT molecular complexity index is 888. The molecule has 0 saturated carbocycles. The second-order valence-electron chi connectivity index (χ2n) is 6.61. The Morgan fingerprint density at radius 1 is 1.03 bits per heavy atom. The Kier molecular flexibility index (Phi) is 9.76. The fraction of sp³-hybridized carbons (Fsp3) is 0.318. The van der Waals surface area contributed by atoms with Crippen molar-refractivity contribution in [1.29, 1.82) is 0 Å². The number of carbonyl (C=O) groups excluding carboxylic acids is 2. The summed E-state index contributed by atoms with van der Waals surface area (Å²) in [6.45, 7) is 2.72. The van der Waals surface area contributed by atoms with Crippen LogP contribution >= 0.6 is 28.1 Å². The number of ether oxygens (including phenoxy) is 1. The van der Waals surface area contributed by atoms with Gasteiger partial charge >= 0.3 is 0 Å². The lowest BCUT2D eigenvalue weighted by atomic mass is 10.2. The highest BCUT2D eigenvalue weighted by Crippen LogP contribution is 2.24. The second kappa shape index (κ2) is 12.3. The summed E-state index contributed by atoms with van der Waals surface area (Å²) in [6.07, 6.45) is 4.37. The number of anilines is 1. The minimum absolute atomic E-state index is 0.154. The number of amides is 2. The molecule has 0 bridgehead atoms. The van der Waals surface area contributed by atoms with Crippen molar-refractivity contribution in [1.82, 2.24) is 10.6 Å². The molecule has 8 heteroatoms. The first kappa shape index (κ1) is 23.8. The van der Waals surface area contributed by atoms with E-state index in [0.717, 1.165) is 23.7 Å². The van der Waals surface area contributed by atoms with Crippen LogP contribution in [-0.4, -0.2) is 30.6 Å². The highest BCUT2D eigenvalue weighted by molar-refractivity contribution is 9.10. The largest absolute Gasteiger partial charge is 0.493 e. The molecule has 6 nitrogen and oxygen atoms in total. The predicted molar refractivity (Wildman–Crippen MR) is 127 cm³/mol. The van der Waals surface area contributed by atoms with E-state index in [2.05, 4.69) is 38.8 Å². The van der Waals surface area contributed by atoms with Crippen LogP contribution in [0.4, 0.5) is 5.69 Å². The van der Waals surface area contributed by atoms with E-state index in [1.165, 1.54) is 6.42 Å². The van der Waals surface area contributed by atoms with Gasteiger partial charge in [0.2, 0.25) is 0 Å². The van der Waals surface area contributed by atoms with Gasteiger partial charge in [-0.25, -0.2) is 0 Å². The first-order valence-corrected chi connectivity index (χ1v) is 11.0. The third-order valence-electron chi connectivity index (χ3n) is 4.30. The molecular weight excluding hydrogens is 466 g/mol. The molecule has 160 valence electrons. The molecule has 0 saturated heterocycles. The van der Waals surface area contributed by atoms with Gasteiger partial charge in [0.25, 0.3) is 11.8 Å². The van der Waals surface area contributed by atoms with E-state index < -0.39 is 0 Å². The summed E-state index contributed by atoms with van der Waals surface area (Å²) in [6, 6.07) is 12.1. The van der Waals surface area contributed by atoms with Gasteiger partial charge < -0.3 is 15.4 Å². The Hall–Kier alpha value is -2.45. The molecule has 0 atom stereocenters. The van der Waals surface area contributed by atoms with E-state index in [9.17, 15) is 9.59 Å². The van der Waals surface area contributed by atoms with Gasteiger partial charge in [0.1, 0.15) is 5.75 Å². The second-order valence-corrected chi connectivity index (χ2v) is 7.94. The monoisotopic (exact) mass is 491 g/mol. The van der Waals surface area contributed by atoms with E-state index in [4.69, 9.17) is 17.0 Å². The van der Waals surface area contributed by atoms with E-state index in [1.807, 2.05) is 6.07 Å². The number of hydrogen-bond acceptors (Lipinski definition) is 4. The summed E-state index contributed by atoms with van der Waals surface area (Å²) in [7, 11) is 1.57. The smallest absolute Gasteiger partial charge is 0.261 e. The van der Waals surface area contributed by atoms with Crippen LogP contribution in [0.2, 0.25) is 0 Å². The number of nitrogens with one attached hydrogen (secondary N) is 3. The third kappa shape index (κ3) is 7.42. The molecule has 0 fully saturated rings. The average molecular weight is 492 g/mol. The SMILES string of the molecule is CCCCCCOc1ccc(Br)cc1C(=O)NC(=S)Nc1ccc(C(=O)NC)cc1. The van der Waals surface area contributed by atoms with Crippen LogP contribution in [0.1, 0.15) is 53.3 Å². The Labute approximate surface area is 190 Å². The van der Waals surface area contributed by atoms with E-state index in [1.54, 1.807) is 43.4 Å². The van der Waals surface area contributed by atoms with E-state index in [0.29, 0.717) is 29.2 Å². The van der Waals surface area contributed by atoms with E-state index >= 15 is 0 Å². The predicted octanol–water partition coefficient (Wildman–Crippen LogP) is 4.89. The van der Waals surface area contributed by atoms with Gasteiger partial charge in [0.15, 0.2) is 5.11 Å². The lowest BCUT2D eigenvalue weighted by Gasteiger charge is -2.14. The van der Waals surface area contributed by atoms with Gasteiger partial charge in [-0.15, -0.1) is 0 Å². The summed E-state index contributed by atoms with van der Waals surface area (Å²) >= 11 is 8.65. The van der Waals surface area contributed by atoms with Crippen molar-refractivity contribution in [3.05, 3.63) is 58.1 Å². The van der Waals surface area contributed by atoms with Crippen LogP contribution in [-0.2, 0) is 0 Å². The highest BCUT2D eigenvalue weighted by Gasteiger charge is 2.15. The zero-order valence-electron chi connectivity index (χ0n) is 17.1. The van der Waals surface area contributed by atoms with Crippen molar-refractivity contribution in [2.24, 2.45) is 0 Å². The van der Waals surface area contributed by atoms with Crippen LogP contribution in [0.3, 0.4) is 0 Å². The third-order valence-corrected chi connectivity index (χ3v) is 5.00. The van der Waals surface area contributed by atoms with Crippen molar-refractivity contribution in [3.63, 3.8) is 0 Å². The Morgan fingerprint density at radius 2 is 1.77 bits per heavy atom. The minimum atomic E-state index is -0.362. The molecule has 0 radical (unpaired) electrons. The number of halogens is 1. The summed E-state index contributed by atoms with van der Waals surface area (Å²) < 4.78 is 6.60. The molecular formula is C22H26BrN3O3S. The topological polar surface area (TPSA) is 79.5 Å².